The molecule has 150 valence electrons. The van der Waals surface area contributed by atoms with Gasteiger partial charge in [0, 0.05) is 55.9 Å². The van der Waals surface area contributed by atoms with E-state index in [9.17, 15) is 14.7 Å². The summed E-state index contributed by atoms with van der Waals surface area (Å²) in [5, 5.41) is 14.0. The minimum absolute atomic E-state index is 0.116. The van der Waals surface area contributed by atoms with Crippen molar-refractivity contribution in [2.24, 2.45) is 0 Å². The Labute approximate surface area is 164 Å². The highest BCUT2D eigenvalue weighted by Gasteiger charge is 2.29. The molecule has 1 aromatic carbocycles. The van der Waals surface area contributed by atoms with Crippen LogP contribution in [0.15, 0.2) is 36.7 Å². The largest absolute Gasteiger partial charge is 0.492 e. The van der Waals surface area contributed by atoms with Crippen molar-refractivity contribution in [1.82, 2.24) is 20.1 Å². The number of rotatable bonds is 7. The molecule has 1 saturated heterocycles. The molecule has 2 amide bonds. The van der Waals surface area contributed by atoms with Crippen molar-refractivity contribution in [3.8, 4) is 5.75 Å². The Bertz CT molecular complexity index is 815. The van der Waals surface area contributed by atoms with Crippen LogP contribution in [-0.2, 0) is 4.79 Å². The first-order valence-electron chi connectivity index (χ1n) is 9.46. The van der Waals surface area contributed by atoms with Crippen LogP contribution in [0, 0.1) is 0 Å². The molecule has 1 aromatic heterocycles. The molecule has 1 aliphatic rings. The Hall–Kier alpha value is -2.87. The molecule has 8 heteroatoms. The zero-order valence-corrected chi connectivity index (χ0v) is 16.0. The molecule has 0 saturated carbocycles. The number of ether oxygens (including phenoxy) is 1. The highest BCUT2D eigenvalue weighted by atomic mass is 16.5. The predicted octanol–water partition coefficient (Wildman–Crippen LogP) is 1.80. The Morgan fingerprint density at radius 2 is 2.11 bits per heavy atom. The predicted molar refractivity (Wildman–Crippen MR) is 105 cm³/mol. The third-order valence-electron chi connectivity index (χ3n) is 5.14. The number of carbonyl (C=O) groups excluding carboxylic acids is 1. The van der Waals surface area contributed by atoms with Gasteiger partial charge in [-0.25, -0.2) is 4.79 Å². The summed E-state index contributed by atoms with van der Waals surface area (Å²) in [5.41, 5.74) is 0. The van der Waals surface area contributed by atoms with Crippen molar-refractivity contribution in [1.29, 1.82) is 0 Å². The summed E-state index contributed by atoms with van der Waals surface area (Å²) in [5.74, 6) is 0.556. The number of amides is 2. The van der Waals surface area contributed by atoms with E-state index in [0.29, 0.717) is 19.4 Å². The molecule has 0 bridgehead atoms. The smallest absolute Gasteiger partial charge is 0.408 e. The van der Waals surface area contributed by atoms with Crippen molar-refractivity contribution in [3.63, 3.8) is 0 Å². The fourth-order valence-electron chi connectivity index (χ4n) is 3.54. The van der Waals surface area contributed by atoms with Crippen molar-refractivity contribution in [2.75, 3.05) is 39.8 Å². The molecule has 1 aliphatic heterocycles. The second-order valence-electron chi connectivity index (χ2n) is 6.86. The van der Waals surface area contributed by atoms with Gasteiger partial charge in [0.05, 0.1) is 0 Å². The maximum atomic E-state index is 11.6. The fourth-order valence-corrected chi connectivity index (χ4v) is 3.54. The van der Waals surface area contributed by atoms with E-state index in [2.05, 4.69) is 15.2 Å². The van der Waals surface area contributed by atoms with Gasteiger partial charge in [0.1, 0.15) is 18.9 Å². The van der Waals surface area contributed by atoms with Crippen LogP contribution in [0.25, 0.3) is 10.8 Å². The number of nitrogens with zero attached hydrogens (tertiary/aromatic N) is 3. The zero-order valence-electron chi connectivity index (χ0n) is 16.0. The molecule has 0 atom stereocenters. The van der Waals surface area contributed by atoms with Crippen LogP contribution >= 0.6 is 0 Å². The van der Waals surface area contributed by atoms with Gasteiger partial charge in [0.2, 0.25) is 5.91 Å². The molecule has 0 radical (unpaired) electrons. The van der Waals surface area contributed by atoms with Gasteiger partial charge in [-0.2, -0.15) is 0 Å². The van der Waals surface area contributed by atoms with Crippen LogP contribution in [0.4, 0.5) is 4.79 Å². The average molecular weight is 386 g/mol. The van der Waals surface area contributed by atoms with Gasteiger partial charge >= 0.3 is 6.09 Å². The number of carboxylic acid groups (broad SMARTS) is 1. The number of pyridine rings is 1. The summed E-state index contributed by atoms with van der Waals surface area (Å²) < 4.78 is 5.97. The number of fused-ring (bicyclic) bond motifs is 1. The Morgan fingerprint density at radius 1 is 1.32 bits per heavy atom. The first-order chi connectivity index (χ1) is 13.6. The van der Waals surface area contributed by atoms with Crippen molar-refractivity contribution >= 4 is 22.8 Å². The van der Waals surface area contributed by atoms with Crippen LogP contribution in [0.1, 0.15) is 12.8 Å². The van der Waals surface area contributed by atoms with Crippen molar-refractivity contribution in [2.45, 2.75) is 18.9 Å². The zero-order chi connectivity index (χ0) is 19.9. The highest BCUT2D eigenvalue weighted by molar-refractivity contribution is 5.87. The molecule has 0 unspecified atom stereocenters. The van der Waals surface area contributed by atoms with E-state index in [4.69, 9.17) is 4.74 Å². The number of aromatic nitrogens is 1. The summed E-state index contributed by atoms with van der Waals surface area (Å²) in [6.45, 7) is 2.79. The summed E-state index contributed by atoms with van der Waals surface area (Å²) >= 11 is 0. The maximum Gasteiger partial charge on any atom is 0.408 e. The van der Waals surface area contributed by atoms with E-state index >= 15 is 0 Å². The van der Waals surface area contributed by atoms with E-state index < -0.39 is 6.09 Å². The number of hydrogen-bond donors (Lipinski definition) is 2. The molecule has 28 heavy (non-hydrogen) atoms. The molecule has 2 N–H and O–H groups in total. The van der Waals surface area contributed by atoms with Gasteiger partial charge in [-0.15, -0.1) is 0 Å². The number of piperidine rings is 1. The molecular weight excluding hydrogens is 360 g/mol. The van der Waals surface area contributed by atoms with Gasteiger partial charge in [-0.3, -0.25) is 19.6 Å². The van der Waals surface area contributed by atoms with Crippen LogP contribution < -0.4 is 10.1 Å². The molecule has 2 aromatic rings. The second-order valence-corrected chi connectivity index (χ2v) is 6.86. The molecule has 1 fully saturated rings. The number of nitrogens with one attached hydrogen (secondary N) is 1. The van der Waals surface area contributed by atoms with E-state index in [1.54, 1.807) is 6.20 Å². The van der Waals surface area contributed by atoms with Gasteiger partial charge in [0.15, 0.2) is 0 Å². The third-order valence-corrected chi connectivity index (χ3v) is 5.14. The average Bonchev–Trinajstić information content (AvgIpc) is 2.72. The summed E-state index contributed by atoms with van der Waals surface area (Å²) in [6.07, 6.45) is 3.95. The van der Waals surface area contributed by atoms with E-state index in [1.165, 1.54) is 11.9 Å². The number of benzene rings is 1. The summed E-state index contributed by atoms with van der Waals surface area (Å²) in [4.78, 5) is 30.7. The first kappa shape index (κ1) is 19.9. The lowest BCUT2D eigenvalue weighted by atomic mass is 10.0. The third kappa shape index (κ3) is 4.89. The van der Waals surface area contributed by atoms with Crippen LogP contribution in [0.2, 0.25) is 0 Å². The normalized spacial score (nSPS) is 15.3. The van der Waals surface area contributed by atoms with Crippen LogP contribution in [0.3, 0.4) is 0 Å². The van der Waals surface area contributed by atoms with Crippen LogP contribution in [-0.4, -0.2) is 77.8 Å². The minimum Gasteiger partial charge on any atom is -0.492 e. The topological polar surface area (TPSA) is 95.0 Å². The molecule has 0 aliphatic carbocycles. The van der Waals surface area contributed by atoms with Gasteiger partial charge in [0.25, 0.3) is 0 Å². The highest BCUT2D eigenvalue weighted by Crippen LogP contribution is 2.24. The quantitative estimate of drug-likeness (QED) is 0.754. The Kier molecular flexibility index (Phi) is 6.65. The Morgan fingerprint density at radius 3 is 2.82 bits per heavy atom. The lowest BCUT2D eigenvalue weighted by Gasteiger charge is -2.36. The number of hydrogen-bond acceptors (Lipinski definition) is 5. The monoisotopic (exact) mass is 386 g/mol. The van der Waals surface area contributed by atoms with Crippen LogP contribution in [0.5, 0.6) is 5.75 Å². The SMILES string of the molecule is CNC(=O)CN(C(=O)O)C1CCN(CCOc2cccc3cnccc23)CC1. The molecule has 3 rings (SSSR count). The molecule has 8 nitrogen and oxygen atoms in total. The van der Waals surface area contributed by atoms with E-state index in [1.807, 2.05) is 30.5 Å². The standard InChI is InChI=1S/C20H26N4O4/c1-21-19(25)14-24(20(26)27)16-6-9-23(10-7-16)11-12-28-18-4-2-3-15-13-22-8-5-17(15)18/h2-5,8,13,16H,6-7,9-12,14H2,1H3,(H,21,25)(H,26,27). The lowest BCUT2D eigenvalue weighted by Crippen LogP contribution is -2.50. The fraction of sp³-hybridized carbons (Fsp3) is 0.450. The second kappa shape index (κ2) is 9.36. The molecule has 2 heterocycles. The number of likely N-dealkylation sites (N-methyl/N-ethyl adjacent to an activating group) is 1. The Balaban J connectivity index is 1.48. The number of carbonyl (C=O) groups is 2. The first-order valence-corrected chi connectivity index (χ1v) is 9.46. The van der Waals surface area contributed by atoms with Gasteiger partial charge < -0.3 is 15.2 Å². The van der Waals surface area contributed by atoms with E-state index in [0.717, 1.165) is 36.2 Å². The van der Waals surface area contributed by atoms with Crippen molar-refractivity contribution < 1.29 is 19.4 Å². The summed E-state index contributed by atoms with van der Waals surface area (Å²) in [6, 6.07) is 7.74. The number of likely N-dealkylation sites (tertiary alicyclic amines) is 1. The molecule has 0 spiro atoms. The van der Waals surface area contributed by atoms with Gasteiger partial charge in [-0.1, -0.05) is 12.1 Å². The molecular formula is C20H26N4O4. The lowest BCUT2D eigenvalue weighted by molar-refractivity contribution is -0.122. The van der Waals surface area contributed by atoms with Gasteiger partial charge in [-0.05, 0) is 25.0 Å². The minimum atomic E-state index is -1.05. The summed E-state index contributed by atoms with van der Waals surface area (Å²) in [7, 11) is 1.51. The van der Waals surface area contributed by atoms with Crippen molar-refractivity contribution in [3.05, 3.63) is 36.7 Å². The maximum absolute atomic E-state index is 11.6. The van der Waals surface area contributed by atoms with E-state index in [-0.39, 0.29) is 18.5 Å².